The van der Waals surface area contributed by atoms with Gasteiger partial charge in [0.05, 0.1) is 26.7 Å². The monoisotopic (exact) mass is 371 g/mol. The zero-order valence-corrected chi connectivity index (χ0v) is 14.3. The molecule has 0 spiro atoms. The number of amides is 1. The molecule has 0 radical (unpaired) electrons. The largest absolute Gasteiger partial charge is 0.339 e. The molecule has 1 aromatic carbocycles. The molecule has 1 saturated heterocycles. The van der Waals surface area contributed by atoms with Gasteiger partial charge in [-0.15, -0.1) is 0 Å². The van der Waals surface area contributed by atoms with E-state index >= 15 is 0 Å². The highest BCUT2D eigenvalue weighted by Crippen LogP contribution is 2.25. The van der Waals surface area contributed by atoms with Crippen LogP contribution in [0.25, 0.3) is 0 Å². The van der Waals surface area contributed by atoms with Gasteiger partial charge in [-0.25, -0.2) is 8.42 Å². The number of benzene rings is 1. The van der Waals surface area contributed by atoms with E-state index in [1.165, 1.54) is 4.90 Å². The molecule has 1 heterocycles. The molecule has 11 heteroatoms. The molecule has 25 heavy (non-hydrogen) atoms. The van der Waals surface area contributed by atoms with Gasteiger partial charge in [-0.1, -0.05) is 6.92 Å². The molecule has 10 nitrogen and oxygen atoms in total. The van der Waals surface area contributed by atoms with Crippen molar-refractivity contribution in [2.24, 2.45) is 0 Å². The minimum absolute atomic E-state index is 0.0304. The van der Waals surface area contributed by atoms with Crippen LogP contribution in [0.2, 0.25) is 0 Å². The van der Waals surface area contributed by atoms with Gasteiger partial charge >= 0.3 is 0 Å². The summed E-state index contributed by atoms with van der Waals surface area (Å²) in [5, 5.41) is 21.3. The molecule has 0 saturated carbocycles. The summed E-state index contributed by atoms with van der Waals surface area (Å²) in [6, 6.07) is 2.77. The zero-order chi connectivity index (χ0) is 18.8. The van der Waals surface area contributed by atoms with Crippen LogP contribution in [0, 0.1) is 20.2 Å². The van der Waals surface area contributed by atoms with E-state index in [0.29, 0.717) is 0 Å². The molecule has 0 N–H and O–H groups in total. The molecule has 0 aliphatic carbocycles. The van der Waals surface area contributed by atoms with Gasteiger partial charge in [-0.2, -0.15) is 0 Å². The molecule has 2 rings (SSSR count). The van der Waals surface area contributed by atoms with E-state index in [-0.39, 0.29) is 37.2 Å². The van der Waals surface area contributed by atoms with Crippen molar-refractivity contribution in [3.05, 3.63) is 44.0 Å². The highest BCUT2D eigenvalue weighted by Gasteiger charge is 2.31. The summed E-state index contributed by atoms with van der Waals surface area (Å²) in [4.78, 5) is 34.1. The minimum Gasteiger partial charge on any atom is -0.339 e. The maximum absolute atomic E-state index is 12.5. The Bertz CT molecular complexity index is 781. The fourth-order valence-electron chi connectivity index (χ4n) is 2.77. The van der Waals surface area contributed by atoms with Crippen LogP contribution in [0.3, 0.4) is 0 Å². The van der Waals surface area contributed by atoms with Gasteiger partial charge in [0.25, 0.3) is 17.3 Å². The Morgan fingerprint density at radius 2 is 1.60 bits per heavy atom. The molecule has 0 aromatic heterocycles. The Balaban J connectivity index is 2.22. The van der Waals surface area contributed by atoms with Gasteiger partial charge in [-0.05, 0) is 12.8 Å². The van der Waals surface area contributed by atoms with Crippen molar-refractivity contribution in [3.63, 3.8) is 0 Å². The second-order valence-corrected chi connectivity index (χ2v) is 8.27. The molecular formula is C14H17N3O7S. The van der Waals surface area contributed by atoms with E-state index in [2.05, 4.69) is 0 Å². The van der Waals surface area contributed by atoms with Crippen LogP contribution in [0.4, 0.5) is 11.4 Å². The van der Waals surface area contributed by atoms with Crippen molar-refractivity contribution in [2.45, 2.75) is 25.0 Å². The zero-order valence-electron chi connectivity index (χ0n) is 13.5. The number of sulfone groups is 1. The third kappa shape index (κ3) is 4.10. The summed E-state index contributed by atoms with van der Waals surface area (Å²) in [6.07, 6.45) is 0.553. The highest BCUT2D eigenvalue weighted by atomic mass is 32.2. The average molecular weight is 371 g/mol. The van der Waals surface area contributed by atoms with Crippen molar-refractivity contribution < 1.29 is 23.1 Å². The molecule has 1 aromatic rings. The lowest BCUT2D eigenvalue weighted by Crippen LogP contribution is -2.42. The quantitative estimate of drug-likeness (QED) is 0.564. The smallest absolute Gasteiger partial charge is 0.277 e. The lowest BCUT2D eigenvalue weighted by atomic mass is 10.1. The molecule has 1 amide bonds. The molecule has 0 bridgehead atoms. The van der Waals surface area contributed by atoms with Crippen molar-refractivity contribution in [2.75, 3.05) is 18.8 Å². The fourth-order valence-corrected chi connectivity index (χ4v) is 4.17. The van der Waals surface area contributed by atoms with Crippen LogP contribution in [0.5, 0.6) is 0 Å². The second-order valence-electron chi connectivity index (χ2n) is 5.70. The molecule has 0 unspecified atom stereocenters. The number of carbonyl (C=O) groups excluding carboxylic acids is 1. The van der Waals surface area contributed by atoms with E-state index in [1.807, 2.05) is 0 Å². The Kier molecular flexibility index (Phi) is 5.36. The van der Waals surface area contributed by atoms with Crippen molar-refractivity contribution in [1.29, 1.82) is 0 Å². The summed E-state index contributed by atoms with van der Waals surface area (Å²) in [5.41, 5.74) is -1.24. The summed E-state index contributed by atoms with van der Waals surface area (Å²) >= 11 is 0. The van der Waals surface area contributed by atoms with E-state index in [4.69, 9.17) is 0 Å². The van der Waals surface area contributed by atoms with Gasteiger partial charge in [0.2, 0.25) is 0 Å². The topological polar surface area (TPSA) is 141 Å². The Hall–Kier alpha value is -2.56. The first-order valence-electron chi connectivity index (χ1n) is 7.60. The van der Waals surface area contributed by atoms with Crippen LogP contribution in [0.1, 0.15) is 30.1 Å². The van der Waals surface area contributed by atoms with Crippen LogP contribution in [0.15, 0.2) is 18.2 Å². The minimum atomic E-state index is -3.19. The van der Waals surface area contributed by atoms with E-state index < -0.39 is 42.2 Å². The Morgan fingerprint density at radius 3 is 2.00 bits per heavy atom. The standard InChI is InChI=1S/C14H17N3O7S/c1-2-25(23,24)13-3-5-15(6-4-13)14(18)10-7-11(16(19)20)9-12(8-10)17(21)22/h7-9,13H,2-6H2,1H3. The van der Waals surface area contributed by atoms with Crippen LogP contribution in [-0.2, 0) is 9.84 Å². The highest BCUT2D eigenvalue weighted by molar-refractivity contribution is 7.92. The number of nitrogens with zero attached hydrogens (tertiary/aromatic N) is 3. The normalized spacial score (nSPS) is 15.8. The number of non-ortho nitro benzene ring substituents is 2. The van der Waals surface area contributed by atoms with Gasteiger partial charge < -0.3 is 4.90 Å². The summed E-state index contributed by atoms with van der Waals surface area (Å²) in [5.74, 6) is -0.554. The summed E-state index contributed by atoms with van der Waals surface area (Å²) in [6.45, 7) is 1.92. The molecule has 136 valence electrons. The number of nitro groups is 2. The van der Waals surface area contributed by atoms with Crippen LogP contribution >= 0.6 is 0 Å². The van der Waals surface area contributed by atoms with Gasteiger partial charge in [-0.3, -0.25) is 25.0 Å². The number of hydrogen-bond donors (Lipinski definition) is 0. The van der Waals surface area contributed by atoms with Crippen molar-refractivity contribution in [1.82, 2.24) is 4.90 Å². The summed E-state index contributed by atoms with van der Waals surface area (Å²) in [7, 11) is -3.19. The molecular weight excluding hydrogens is 354 g/mol. The number of likely N-dealkylation sites (tertiary alicyclic amines) is 1. The lowest BCUT2D eigenvalue weighted by molar-refractivity contribution is -0.394. The average Bonchev–Trinajstić information content (AvgIpc) is 2.60. The van der Waals surface area contributed by atoms with Crippen molar-refractivity contribution in [3.8, 4) is 0 Å². The number of nitro benzene ring substituents is 2. The molecule has 1 fully saturated rings. The van der Waals surface area contributed by atoms with Crippen LogP contribution < -0.4 is 0 Å². The predicted octanol–water partition coefficient (Wildman–Crippen LogP) is 1.54. The van der Waals surface area contributed by atoms with Crippen LogP contribution in [-0.4, -0.2) is 53.2 Å². The molecule has 1 aliphatic heterocycles. The molecule has 0 atom stereocenters. The maximum atomic E-state index is 12.5. The molecule has 1 aliphatic rings. The number of carbonyl (C=O) groups is 1. The first kappa shape index (κ1) is 18.8. The fraction of sp³-hybridized carbons (Fsp3) is 0.500. The maximum Gasteiger partial charge on any atom is 0.277 e. The number of piperidine rings is 1. The van der Waals surface area contributed by atoms with Gasteiger partial charge in [0.1, 0.15) is 0 Å². The second kappa shape index (κ2) is 7.13. The SMILES string of the molecule is CCS(=O)(=O)C1CCN(C(=O)c2cc([N+](=O)[O-])cc([N+](=O)[O-])c2)CC1. The van der Waals surface area contributed by atoms with Crippen molar-refractivity contribution >= 4 is 27.1 Å². The predicted molar refractivity (Wildman–Crippen MR) is 88.1 cm³/mol. The van der Waals surface area contributed by atoms with E-state index in [1.54, 1.807) is 6.92 Å². The van der Waals surface area contributed by atoms with Gasteiger partial charge in [0, 0.05) is 31.0 Å². The Morgan fingerprint density at radius 1 is 1.12 bits per heavy atom. The first-order valence-corrected chi connectivity index (χ1v) is 9.32. The van der Waals surface area contributed by atoms with Gasteiger partial charge in [0.15, 0.2) is 9.84 Å². The number of rotatable bonds is 5. The lowest BCUT2D eigenvalue weighted by Gasteiger charge is -2.31. The third-order valence-corrected chi connectivity index (χ3v) is 6.50. The van der Waals surface area contributed by atoms with E-state index in [9.17, 15) is 33.4 Å². The number of hydrogen-bond acceptors (Lipinski definition) is 7. The first-order chi connectivity index (χ1) is 11.7. The summed E-state index contributed by atoms with van der Waals surface area (Å²) < 4.78 is 23.8. The van der Waals surface area contributed by atoms with E-state index in [0.717, 1.165) is 18.2 Å². The third-order valence-electron chi connectivity index (χ3n) is 4.21. The Labute approximate surface area is 143 Å².